The van der Waals surface area contributed by atoms with Gasteiger partial charge in [-0.2, -0.15) is 0 Å². The van der Waals surface area contributed by atoms with Gasteiger partial charge < -0.3 is 14.5 Å². The standard InChI is InChI=1S/C19H24N2O3/c1-13-11-20(12-14(2)24-13)19(23)10-18-17-7-5-4-6-16(17)8-9-21(18)15(3)22/h4-9,13-14,18H,10-12H2,1-3H3. The molecule has 2 heterocycles. The monoisotopic (exact) mass is 328 g/mol. The molecule has 1 fully saturated rings. The van der Waals surface area contributed by atoms with Crippen LogP contribution in [-0.2, 0) is 14.3 Å². The predicted octanol–water partition coefficient (Wildman–Crippen LogP) is 2.59. The summed E-state index contributed by atoms with van der Waals surface area (Å²) in [7, 11) is 0. The van der Waals surface area contributed by atoms with E-state index in [2.05, 4.69) is 0 Å². The van der Waals surface area contributed by atoms with Crippen molar-refractivity contribution in [1.82, 2.24) is 9.80 Å². The second kappa shape index (κ2) is 6.77. The van der Waals surface area contributed by atoms with E-state index >= 15 is 0 Å². The smallest absolute Gasteiger partial charge is 0.225 e. The van der Waals surface area contributed by atoms with Crippen LogP contribution >= 0.6 is 0 Å². The van der Waals surface area contributed by atoms with Crippen LogP contribution in [0, 0.1) is 0 Å². The Morgan fingerprint density at radius 2 is 1.83 bits per heavy atom. The van der Waals surface area contributed by atoms with E-state index in [1.807, 2.05) is 49.1 Å². The fourth-order valence-electron chi connectivity index (χ4n) is 3.59. The molecule has 0 saturated carbocycles. The third kappa shape index (κ3) is 3.36. The van der Waals surface area contributed by atoms with Crippen LogP contribution in [0.5, 0.6) is 0 Å². The maximum atomic E-state index is 12.8. The molecule has 3 atom stereocenters. The summed E-state index contributed by atoms with van der Waals surface area (Å²) >= 11 is 0. The second-order valence-electron chi connectivity index (χ2n) is 6.65. The molecule has 2 aliphatic rings. The quantitative estimate of drug-likeness (QED) is 0.838. The SMILES string of the molecule is CC(=O)N1C=Cc2ccccc2C1CC(=O)N1CC(C)OC(C)C1. The van der Waals surface area contributed by atoms with E-state index < -0.39 is 0 Å². The van der Waals surface area contributed by atoms with Crippen LogP contribution < -0.4 is 0 Å². The zero-order valence-electron chi connectivity index (χ0n) is 14.4. The Hall–Kier alpha value is -2.14. The van der Waals surface area contributed by atoms with Crippen LogP contribution in [0.1, 0.15) is 44.4 Å². The number of carbonyl (C=O) groups excluding carboxylic acids is 2. The molecule has 1 aromatic rings. The third-order valence-corrected chi connectivity index (χ3v) is 4.61. The predicted molar refractivity (Wildman–Crippen MR) is 91.9 cm³/mol. The van der Waals surface area contributed by atoms with Crippen LogP contribution in [-0.4, -0.2) is 46.9 Å². The number of amides is 2. The molecule has 0 bridgehead atoms. The van der Waals surface area contributed by atoms with Crippen LogP contribution in [0.25, 0.3) is 6.08 Å². The minimum atomic E-state index is -0.246. The Labute approximate surface area is 142 Å². The molecule has 2 amide bonds. The Kier molecular flexibility index (Phi) is 4.71. The first-order valence-corrected chi connectivity index (χ1v) is 8.45. The number of nitrogens with zero attached hydrogens (tertiary/aromatic N) is 2. The van der Waals surface area contributed by atoms with Gasteiger partial charge in [-0.05, 0) is 31.1 Å². The summed E-state index contributed by atoms with van der Waals surface area (Å²) in [5.74, 6) is 0.0145. The van der Waals surface area contributed by atoms with E-state index in [-0.39, 0.29) is 30.1 Å². The lowest BCUT2D eigenvalue weighted by molar-refractivity contribution is -0.145. The maximum Gasteiger partial charge on any atom is 0.225 e. The first-order chi connectivity index (χ1) is 11.5. The number of hydrogen-bond acceptors (Lipinski definition) is 3. The first kappa shape index (κ1) is 16.7. The average molecular weight is 328 g/mol. The number of hydrogen-bond donors (Lipinski definition) is 0. The first-order valence-electron chi connectivity index (χ1n) is 8.45. The molecular formula is C19H24N2O3. The minimum absolute atomic E-state index is 0.0418. The number of benzene rings is 1. The average Bonchev–Trinajstić information content (AvgIpc) is 2.53. The number of carbonyl (C=O) groups is 2. The summed E-state index contributed by atoms with van der Waals surface area (Å²) in [5, 5.41) is 0. The summed E-state index contributed by atoms with van der Waals surface area (Å²) in [6.45, 7) is 6.71. The molecule has 3 unspecified atom stereocenters. The number of ether oxygens (including phenoxy) is 1. The number of fused-ring (bicyclic) bond motifs is 1. The van der Waals surface area contributed by atoms with E-state index in [9.17, 15) is 9.59 Å². The molecule has 0 aromatic heterocycles. The van der Waals surface area contributed by atoms with Gasteiger partial charge in [-0.25, -0.2) is 0 Å². The van der Waals surface area contributed by atoms with Gasteiger partial charge in [0.2, 0.25) is 11.8 Å². The topological polar surface area (TPSA) is 49.9 Å². The zero-order chi connectivity index (χ0) is 17.3. The highest BCUT2D eigenvalue weighted by atomic mass is 16.5. The molecule has 3 rings (SSSR count). The summed E-state index contributed by atoms with van der Waals surface area (Å²) in [6, 6.07) is 7.69. The lowest BCUT2D eigenvalue weighted by Crippen LogP contribution is -2.49. The molecule has 0 aliphatic carbocycles. The molecule has 5 nitrogen and oxygen atoms in total. The van der Waals surface area contributed by atoms with E-state index in [4.69, 9.17) is 4.74 Å². The van der Waals surface area contributed by atoms with Crippen molar-refractivity contribution in [3.8, 4) is 0 Å². The molecule has 0 spiro atoms. The van der Waals surface area contributed by atoms with Crippen molar-refractivity contribution in [1.29, 1.82) is 0 Å². The molecular weight excluding hydrogens is 304 g/mol. The van der Waals surface area contributed by atoms with Gasteiger partial charge in [0.15, 0.2) is 0 Å². The summed E-state index contributed by atoms with van der Waals surface area (Å²) in [5.41, 5.74) is 2.09. The van der Waals surface area contributed by atoms with Crippen molar-refractivity contribution in [3.63, 3.8) is 0 Å². The highest BCUT2D eigenvalue weighted by molar-refractivity contribution is 5.82. The molecule has 0 radical (unpaired) electrons. The molecule has 0 N–H and O–H groups in total. The summed E-state index contributed by atoms with van der Waals surface area (Å²) in [4.78, 5) is 28.4. The molecule has 5 heteroatoms. The lowest BCUT2D eigenvalue weighted by Gasteiger charge is -2.38. The van der Waals surface area contributed by atoms with Crippen molar-refractivity contribution in [2.24, 2.45) is 0 Å². The van der Waals surface area contributed by atoms with Crippen molar-refractivity contribution >= 4 is 17.9 Å². The molecule has 2 aliphatic heterocycles. The Morgan fingerprint density at radius 1 is 1.17 bits per heavy atom. The van der Waals surface area contributed by atoms with Crippen molar-refractivity contribution in [3.05, 3.63) is 41.6 Å². The van der Waals surface area contributed by atoms with E-state index in [0.717, 1.165) is 11.1 Å². The third-order valence-electron chi connectivity index (χ3n) is 4.61. The molecule has 24 heavy (non-hydrogen) atoms. The maximum absolute atomic E-state index is 12.8. The van der Waals surface area contributed by atoms with Crippen molar-refractivity contribution < 1.29 is 14.3 Å². The van der Waals surface area contributed by atoms with E-state index in [0.29, 0.717) is 19.5 Å². The molecule has 128 valence electrons. The largest absolute Gasteiger partial charge is 0.372 e. The highest BCUT2D eigenvalue weighted by Crippen LogP contribution is 2.33. The Bertz CT molecular complexity index is 660. The highest BCUT2D eigenvalue weighted by Gasteiger charge is 2.32. The summed E-state index contributed by atoms with van der Waals surface area (Å²) in [6.07, 6.45) is 4.09. The van der Waals surface area contributed by atoms with Crippen molar-refractivity contribution in [2.75, 3.05) is 13.1 Å². The lowest BCUT2D eigenvalue weighted by atomic mass is 9.93. The van der Waals surface area contributed by atoms with E-state index in [1.165, 1.54) is 6.92 Å². The van der Waals surface area contributed by atoms with E-state index in [1.54, 1.807) is 11.1 Å². The van der Waals surface area contributed by atoms with Crippen LogP contribution in [0.15, 0.2) is 30.5 Å². The van der Waals surface area contributed by atoms with Crippen LogP contribution in [0.4, 0.5) is 0 Å². The van der Waals surface area contributed by atoms with Gasteiger partial charge in [-0.1, -0.05) is 24.3 Å². The van der Waals surface area contributed by atoms with Gasteiger partial charge in [0, 0.05) is 26.2 Å². The van der Waals surface area contributed by atoms with Crippen LogP contribution in [0.3, 0.4) is 0 Å². The van der Waals surface area contributed by atoms with Crippen molar-refractivity contribution in [2.45, 2.75) is 45.4 Å². The minimum Gasteiger partial charge on any atom is -0.372 e. The molecule has 1 aromatic carbocycles. The fraction of sp³-hybridized carbons (Fsp3) is 0.474. The normalized spacial score (nSPS) is 26.2. The van der Waals surface area contributed by atoms with Gasteiger partial charge in [-0.3, -0.25) is 9.59 Å². The number of rotatable bonds is 2. The summed E-state index contributed by atoms with van der Waals surface area (Å²) < 4.78 is 5.70. The zero-order valence-corrected chi connectivity index (χ0v) is 14.4. The second-order valence-corrected chi connectivity index (χ2v) is 6.65. The van der Waals surface area contributed by atoms with Gasteiger partial charge in [-0.15, -0.1) is 0 Å². The Morgan fingerprint density at radius 3 is 2.50 bits per heavy atom. The molecule has 1 saturated heterocycles. The fourth-order valence-corrected chi connectivity index (χ4v) is 3.59. The van der Waals surface area contributed by atoms with Crippen LogP contribution in [0.2, 0.25) is 0 Å². The van der Waals surface area contributed by atoms with Gasteiger partial charge in [0.1, 0.15) is 0 Å². The van der Waals surface area contributed by atoms with Gasteiger partial charge in [0.05, 0.1) is 24.7 Å². The number of morpholine rings is 1. The Balaban J connectivity index is 1.82. The van der Waals surface area contributed by atoms with Gasteiger partial charge in [0.25, 0.3) is 0 Å². The van der Waals surface area contributed by atoms with Gasteiger partial charge >= 0.3 is 0 Å².